The van der Waals surface area contributed by atoms with Crippen molar-refractivity contribution in [1.29, 1.82) is 0 Å². The van der Waals surface area contributed by atoms with Crippen LogP contribution in [-0.2, 0) is 0 Å². The molecule has 0 saturated heterocycles. The maximum Gasteiger partial charge on any atom is 0.257 e. The average Bonchev–Trinajstić information content (AvgIpc) is 3.16. The minimum Gasteiger partial charge on any atom is -0.311 e. The van der Waals surface area contributed by atoms with Gasteiger partial charge in [-0.2, -0.15) is 0 Å². The first-order chi connectivity index (χ1) is 23.9. The summed E-state index contributed by atoms with van der Waals surface area (Å²) >= 11 is 0. The molecule has 222 valence electrons. The first-order valence-electron chi connectivity index (χ1n) is 16.7. The van der Waals surface area contributed by atoms with Crippen molar-refractivity contribution in [2.45, 2.75) is 0 Å². The Balaban J connectivity index is 1.39. The zero-order valence-corrected chi connectivity index (χ0v) is 26.1. The molecule has 0 spiro atoms. The summed E-state index contributed by atoms with van der Waals surface area (Å²) in [4.78, 5) is 7.58. The van der Waals surface area contributed by atoms with Gasteiger partial charge in [0.25, 0.3) is 6.71 Å². The van der Waals surface area contributed by atoms with Crippen LogP contribution in [0.3, 0.4) is 0 Å². The maximum absolute atomic E-state index is 2.57. The zero-order chi connectivity index (χ0) is 31.3. The molecule has 3 heterocycles. The predicted molar refractivity (Wildman–Crippen MR) is 204 cm³/mol. The fourth-order valence-electron chi connectivity index (χ4n) is 8.66. The molecule has 4 heteroatoms. The van der Waals surface area contributed by atoms with E-state index in [2.05, 4.69) is 185 Å². The van der Waals surface area contributed by atoms with E-state index < -0.39 is 0 Å². The summed E-state index contributed by atoms with van der Waals surface area (Å²) in [7, 11) is 0. The number of nitrogens with zero attached hydrogens (tertiary/aromatic N) is 3. The molecule has 48 heavy (non-hydrogen) atoms. The normalized spacial score (nSPS) is 13.7. The van der Waals surface area contributed by atoms with Crippen molar-refractivity contribution in [1.82, 2.24) is 0 Å². The Bertz CT molecular complexity index is 2430. The van der Waals surface area contributed by atoms with Gasteiger partial charge in [0.2, 0.25) is 0 Å². The number of fused-ring (bicyclic) bond motifs is 4. The van der Waals surface area contributed by atoms with Gasteiger partial charge in [0.1, 0.15) is 0 Å². The monoisotopic (exact) mass is 609 g/mol. The van der Waals surface area contributed by atoms with Gasteiger partial charge in [-0.3, -0.25) is 0 Å². The van der Waals surface area contributed by atoms with E-state index in [1.165, 1.54) is 72.1 Å². The van der Waals surface area contributed by atoms with Crippen molar-refractivity contribution >= 4 is 95.8 Å². The van der Waals surface area contributed by atoms with Gasteiger partial charge >= 0.3 is 0 Å². The van der Waals surface area contributed by atoms with Crippen molar-refractivity contribution in [3.63, 3.8) is 0 Å². The molecule has 0 fully saturated rings. The van der Waals surface area contributed by atoms with Crippen molar-refractivity contribution in [3.05, 3.63) is 170 Å². The third kappa shape index (κ3) is 3.34. The zero-order valence-electron chi connectivity index (χ0n) is 26.1. The van der Waals surface area contributed by atoms with Crippen LogP contribution in [0.4, 0.5) is 51.2 Å². The molecule has 11 rings (SSSR count). The molecular formula is C44H28BN3. The van der Waals surface area contributed by atoms with Crippen LogP contribution in [0.15, 0.2) is 170 Å². The Morgan fingerprint density at radius 3 is 1.17 bits per heavy atom. The Morgan fingerprint density at radius 1 is 0.312 bits per heavy atom. The minimum atomic E-state index is 0.0558. The predicted octanol–water partition coefficient (Wildman–Crippen LogP) is 9.86. The molecule has 0 aliphatic carbocycles. The quantitative estimate of drug-likeness (QED) is 0.185. The van der Waals surface area contributed by atoms with Crippen molar-refractivity contribution in [2.75, 3.05) is 14.7 Å². The second-order valence-electron chi connectivity index (χ2n) is 12.9. The SMILES string of the molecule is c1ccc(N2c3cccc4c3B3c5c2cc2ccccc2c5N(c2ccccc2)c2c3c(cc3ccccc23)N4c2ccccc2)cc1. The van der Waals surface area contributed by atoms with Crippen LogP contribution in [-0.4, -0.2) is 6.71 Å². The van der Waals surface area contributed by atoms with E-state index in [-0.39, 0.29) is 6.71 Å². The van der Waals surface area contributed by atoms with Crippen molar-refractivity contribution in [3.8, 4) is 0 Å². The van der Waals surface area contributed by atoms with Crippen LogP contribution in [0, 0.1) is 0 Å². The number of rotatable bonds is 3. The molecule has 0 radical (unpaired) electrons. The Hall–Kier alpha value is -6.26. The second-order valence-corrected chi connectivity index (χ2v) is 12.9. The largest absolute Gasteiger partial charge is 0.311 e. The van der Waals surface area contributed by atoms with Crippen LogP contribution >= 0.6 is 0 Å². The molecule has 0 saturated carbocycles. The summed E-state index contributed by atoms with van der Waals surface area (Å²) in [5, 5.41) is 5.00. The van der Waals surface area contributed by atoms with Gasteiger partial charge in [-0.05, 0) is 87.8 Å². The highest BCUT2D eigenvalue weighted by molar-refractivity contribution is 7.03. The van der Waals surface area contributed by atoms with E-state index in [4.69, 9.17) is 0 Å². The van der Waals surface area contributed by atoms with E-state index in [0.29, 0.717) is 0 Å². The molecule has 0 aromatic heterocycles. The molecule has 0 bridgehead atoms. The van der Waals surface area contributed by atoms with Gasteiger partial charge in [0, 0.05) is 50.6 Å². The standard InChI is InChI=1S/C44H28BN3/c1-4-17-31(18-5-1)46-36-25-14-26-37-40(36)45-41-38(46)27-29-15-10-12-23-34(29)43(41)48(33-21-8-3-9-22-33)44-35-24-13-11-16-30(35)28-39(42(44)45)47(37)32-19-6-2-7-20-32/h1-28H. The first-order valence-corrected chi connectivity index (χ1v) is 16.7. The topological polar surface area (TPSA) is 9.72 Å². The van der Waals surface area contributed by atoms with Crippen molar-refractivity contribution < 1.29 is 0 Å². The van der Waals surface area contributed by atoms with Crippen LogP contribution < -0.4 is 31.1 Å². The number of hydrogen-bond acceptors (Lipinski definition) is 3. The maximum atomic E-state index is 2.57. The van der Waals surface area contributed by atoms with Gasteiger partial charge in [0.15, 0.2) is 0 Å². The minimum absolute atomic E-state index is 0.0558. The second kappa shape index (κ2) is 9.63. The third-order valence-electron chi connectivity index (χ3n) is 10.5. The molecule has 8 aromatic rings. The van der Waals surface area contributed by atoms with Gasteiger partial charge in [-0.1, -0.05) is 109 Å². The summed E-state index contributed by atoms with van der Waals surface area (Å²) in [6.45, 7) is 0.0558. The van der Waals surface area contributed by atoms with E-state index >= 15 is 0 Å². The molecule has 0 amide bonds. The van der Waals surface area contributed by atoms with Gasteiger partial charge < -0.3 is 14.7 Å². The van der Waals surface area contributed by atoms with E-state index in [0.717, 1.165) is 17.1 Å². The highest BCUT2D eigenvalue weighted by atomic mass is 15.2. The van der Waals surface area contributed by atoms with Crippen LogP contribution in [0.25, 0.3) is 21.5 Å². The highest BCUT2D eigenvalue weighted by Crippen LogP contribution is 2.53. The molecule has 3 aliphatic rings. The molecular weight excluding hydrogens is 581 g/mol. The number of benzene rings is 8. The number of para-hydroxylation sites is 3. The number of hydrogen-bond donors (Lipinski definition) is 0. The van der Waals surface area contributed by atoms with Gasteiger partial charge in [0.05, 0.1) is 11.4 Å². The Morgan fingerprint density at radius 2 is 0.708 bits per heavy atom. The lowest BCUT2D eigenvalue weighted by molar-refractivity contribution is 1.23. The van der Waals surface area contributed by atoms with E-state index in [9.17, 15) is 0 Å². The van der Waals surface area contributed by atoms with Crippen LogP contribution in [0.5, 0.6) is 0 Å². The summed E-state index contributed by atoms with van der Waals surface area (Å²) in [6, 6.07) is 62.3. The van der Waals surface area contributed by atoms with Gasteiger partial charge in [-0.15, -0.1) is 0 Å². The fourth-order valence-corrected chi connectivity index (χ4v) is 8.66. The van der Waals surface area contributed by atoms with Crippen molar-refractivity contribution in [2.24, 2.45) is 0 Å². The Kier molecular flexibility index (Phi) is 5.19. The lowest BCUT2D eigenvalue weighted by atomic mass is 9.31. The molecule has 8 aromatic carbocycles. The van der Waals surface area contributed by atoms with E-state index in [1.807, 2.05) is 0 Å². The lowest BCUT2D eigenvalue weighted by Gasteiger charge is -2.50. The summed E-state index contributed by atoms with van der Waals surface area (Å²) in [5.74, 6) is 0. The molecule has 0 unspecified atom stereocenters. The number of anilines is 9. The average molecular weight is 610 g/mol. The fraction of sp³-hybridized carbons (Fsp3) is 0. The lowest BCUT2D eigenvalue weighted by Crippen LogP contribution is -2.65. The van der Waals surface area contributed by atoms with Gasteiger partial charge in [-0.25, -0.2) is 0 Å². The van der Waals surface area contributed by atoms with Crippen LogP contribution in [0.1, 0.15) is 0 Å². The Labute approximate surface area is 279 Å². The molecule has 0 atom stereocenters. The summed E-state index contributed by atoms with van der Waals surface area (Å²) in [6.07, 6.45) is 0. The van der Waals surface area contributed by atoms with E-state index in [1.54, 1.807) is 0 Å². The van der Waals surface area contributed by atoms with Crippen LogP contribution in [0.2, 0.25) is 0 Å². The smallest absolute Gasteiger partial charge is 0.257 e. The summed E-state index contributed by atoms with van der Waals surface area (Å²) in [5.41, 5.74) is 15.0. The molecule has 0 N–H and O–H groups in total. The molecule has 3 nitrogen and oxygen atoms in total. The summed E-state index contributed by atoms with van der Waals surface area (Å²) < 4.78 is 0. The third-order valence-corrected chi connectivity index (χ3v) is 10.5. The molecule has 3 aliphatic heterocycles. The highest BCUT2D eigenvalue weighted by Gasteiger charge is 2.50. The first kappa shape index (κ1) is 25.9.